The van der Waals surface area contributed by atoms with Gasteiger partial charge >= 0.3 is 5.97 Å². The van der Waals surface area contributed by atoms with Gasteiger partial charge in [0.1, 0.15) is 11.9 Å². The Kier molecular flexibility index (Phi) is 6.45. The molecule has 1 atom stereocenters. The van der Waals surface area contributed by atoms with Crippen LogP contribution >= 0.6 is 15.9 Å². The molecule has 0 aromatic heterocycles. The third kappa shape index (κ3) is 5.70. The third-order valence-corrected chi connectivity index (χ3v) is 3.13. The summed E-state index contributed by atoms with van der Waals surface area (Å²) in [5, 5.41) is 3.11. The van der Waals surface area contributed by atoms with E-state index in [4.69, 9.17) is 4.74 Å². The SMILES string of the molecule is COC(=O)C(CC(C)C)NCc1cc(F)cc(Br)c1. The summed E-state index contributed by atoms with van der Waals surface area (Å²) in [6.45, 7) is 4.50. The van der Waals surface area contributed by atoms with E-state index in [2.05, 4.69) is 21.2 Å². The van der Waals surface area contributed by atoms with Gasteiger partial charge in [0.2, 0.25) is 0 Å². The average molecular weight is 332 g/mol. The number of hydrogen-bond acceptors (Lipinski definition) is 3. The van der Waals surface area contributed by atoms with Crippen LogP contribution in [0, 0.1) is 11.7 Å². The number of carbonyl (C=O) groups is 1. The lowest BCUT2D eigenvalue weighted by Gasteiger charge is -2.18. The number of esters is 1. The Hall–Kier alpha value is -0.940. The second-order valence-electron chi connectivity index (χ2n) is 4.86. The summed E-state index contributed by atoms with van der Waals surface area (Å²) >= 11 is 3.24. The number of rotatable bonds is 6. The van der Waals surface area contributed by atoms with Crippen LogP contribution in [0.1, 0.15) is 25.8 Å². The van der Waals surface area contributed by atoms with Crippen LogP contribution in [0.3, 0.4) is 0 Å². The Labute approximate surface area is 121 Å². The van der Waals surface area contributed by atoms with Crippen LogP contribution < -0.4 is 5.32 Å². The van der Waals surface area contributed by atoms with Crippen molar-refractivity contribution in [2.75, 3.05) is 7.11 Å². The zero-order valence-corrected chi connectivity index (χ0v) is 13.0. The maximum Gasteiger partial charge on any atom is 0.322 e. The van der Waals surface area contributed by atoms with Gasteiger partial charge in [-0.25, -0.2) is 4.39 Å². The van der Waals surface area contributed by atoms with Crippen LogP contribution in [0.4, 0.5) is 4.39 Å². The van der Waals surface area contributed by atoms with Gasteiger partial charge in [0.15, 0.2) is 0 Å². The van der Waals surface area contributed by atoms with Crippen LogP contribution in [-0.4, -0.2) is 19.1 Å². The minimum atomic E-state index is -0.368. The van der Waals surface area contributed by atoms with Crippen molar-refractivity contribution < 1.29 is 13.9 Å². The molecule has 19 heavy (non-hydrogen) atoms. The van der Waals surface area contributed by atoms with Gasteiger partial charge in [-0.15, -0.1) is 0 Å². The van der Waals surface area contributed by atoms with E-state index in [1.165, 1.54) is 19.2 Å². The molecule has 0 heterocycles. The van der Waals surface area contributed by atoms with Crippen molar-refractivity contribution in [3.8, 4) is 0 Å². The molecule has 106 valence electrons. The molecule has 0 aliphatic rings. The van der Waals surface area contributed by atoms with Crippen molar-refractivity contribution in [1.82, 2.24) is 5.32 Å². The van der Waals surface area contributed by atoms with E-state index in [9.17, 15) is 9.18 Å². The van der Waals surface area contributed by atoms with E-state index in [-0.39, 0.29) is 17.8 Å². The number of benzene rings is 1. The standard InChI is InChI=1S/C14H19BrFNO2/c1-9(2)4-13(14(18)19-3)17-8-10-5-11(15)7-12(16)6-10/h5-7,9,13,17H,4,8H2,1-3H3. The van der Waals surface area contributed by atoms with Crippen molar-refractivity contribution >= 4 is 21.9 Å². The molecule has 0 saturated carbocycles. The molecule has 1 rings (SSSR count). The lowest BCUT2D eigenvalue weighted by molar-refractivity contribution is -0.143. The minimum absolute atomic E-state index is 0.288. The highest BCUT2D eigenvalue weighted by Gasteiger charge is 2.19. The molecule has 1 unspecified atom stereocenters. The zero-order chi connectivity index (χ0) is 14.4. The molecule has 0 aliphatic carbocycles. The Bertz CT molecular complexity index is 417. The molecule has 0 spiro atoms. The van der Waals surface area contributed by atoms with Gasteiger partial charge in [0.05, 0.1) is 7.11 Å². The summed E-state index contributed by atoms with van der Waals surface area (Å²) in [6.07, 6.45) is 0.684. The van der Waals surface area contributed by atoms with Gasteiger partial charge in [-0.2, -0.15) is 0 Å². The highest BCUT2D eigenvalue weighted by atomic mass is 79.9. The summed E-state index contributed by atoms with van der Waals surface area (Å²) in [4.78, 5) is 11.6. The van der Waals surface area contributed by atoms with Crippen LogP contribution in [0.25, 0.3) is 0 Å². The minimum Gasteiger partial charge on any atom is -0.468 e. The highest BCUT2D eigenvalue weighted by molar-refractivity contribution is 9.10. The molecule has 0 amide bonds. The lowest BCUT2D eigenvalue weighted by Crippen LogP contribution is -2.38. The van der Waals surface area contributed by atoms with E-state index in [1.807, 2.05) is 19.9 Å². The number of nitrogens with one attached hydrogen (secondary N) is 1. The van der Waals surface area contributed by atoms with Gasteiger partial charge in [-0.3, -0.25) is 4.79 Å². The van der Waals surface area contributed by atoms with E-state index in [0.29, 0.717) is 23.4 Å². The largest absolute Gasteiger partial charge is 0.468 e. The van der Waals surface area contributed by atoms with Gasteiger partial charge in [0, 0.05) is 11.0 Å². The number of hydrogen-bond donors (Lipinski definition) is 1. The first-order chi connectivity index (χ1) is 8.92. The quantitative estimate of drug-likeness (QED) is 0.813. The molecule has 1 N–H and O–H groups in total. The predicted molar refractivity (Wildman–Crippen MR) is 76.2 cm³/mol. The summed E-state index contributed by atoms with van der Waals surface area (Å²) in [7, 11) is 1.37. The smallest absolute Gasteiger partial charge is 0.322 e. The van der Waals surface area contributed by atoms with Gasteiger partial charge in [0.25, 0.3) is 0 Å². The van der Waals surface area contributed by atoms with Crippen molar-refractivity contribution in [1.29, 1.82) is 0 Å². The number of halogens is 2. The van der Waals surface area contributed by atoms with Crippen LogP contribution in [0.2, 0.25) is 0 Å². The maximum absolute atomic E-state index is 13.2. The fraction of sp³-hybridized carbons (Fsp3) is 0.500. The lowest BCUT2D eigenvalue weighted by atomic mass is 10.0. The normalized spacial score (nSPS) is 12.5. The Morgan fingerprint density at radius 1 is 1.42 bits per heavy atom. The van der Waals surface area contributed by atoms with Crippen LogP contribution in [0.15, 0.2) is 22.7 Å². The summed E-state index contributed by atoms with van der Waals surface area (Å²) in [5.41, 5.74) is 0.782. The number of methoxy groups -OCH3 is 1. The summed E-state index contributed by atoms with van der Waals surface area (Å²) in [6, 6.07) is 4.29. The second kappa shape index (κ2) is 7.60. The maximum atomic E-state index is 13.2. The Morgan fingerprint density at radius 3 is 2.63 bits per heavy atom. The average Bonchev–Trinajstić information content (AvgIpc) is 2.31. The van der Waals surface area contributed by atoms with Crippen molar-refractivity contribution in [2.24, 2.45) is 5.92 Å². The van der Waals surface area contributed by atoms with E-state index in [0.717, 1.165) is 5.56 Å². The van der Waals surface area contributed by atoms with Crippen molar-refractivity contribution in [2.45, 2.75) is 32.9 Å². The molecule has 1 aromatic rings. The molecular formula is C14H19BrFNO2. The first-order valence-electron chi connectivity index (χ1n) is 6.18. The Morgan fingerprint density at radius 2 is 2.11 bits per heavy atom. The molecule has 0 radical (unpaired) electrons. The van der Waals surface area contributed by atoms with E-state index in [1.54, 1.807) is 0 Å². The van der Waals surface area contributed by atoms with Crippen molar-refractivity contribution in [3.63, 3.8) is 0 Å². The number of carbonyl (C=O) groups excluding carboxylic acids is 1. The zero-order valence-electron chi connectivity index (χ0n) is 11.4. The van der Waals surface area contributed by atoms with Gasteiger partial charge < -0.3 is 10.1 Å². The molecule has 3 nitrogen and oxygen atoms in total. The molecule has 0 bridgehead atoms. The molecule has 1 aromatic carbocycles. The van der Waals surface area contributed by atoms with Crippen LogP contribution in [0.5, 0.6) is 0 Å². The van der Waals surface area contributed by atoms with Gasteiger partial charge in [-0.05, 0) is 36.1 Å². The third-order valence-electron chi connectivity index (χ3n) is 2.67. The number of ether oxygens (including phenoxy) is 1. The monoisotopic (exact) mass is 331 g/mol. The van der Waals surface area contributed by atoms with E-state index >= 15 is 0 Å². The van der Waals surface area contributed by atoms with Crippen molar-refractivity contribution in [3.05, 3.63) is 34.1 Å². The highest BCUT2D eigenvalue weighted by Crippen LogP contribution is 2.15. The van der Waals surface area contributed by atoms with E-state index < -0.39 is 0 Å². The topological polar surface area (TPSA) is 38.3 Å². The second-order valence-corrected chi connectivity index (χ2v) is 5.78. The fourth-order valence-corrected chi connectivity index (χ4v) is 2.34. The molecular weight excluding hydrogens is 313 g/mol. The summed E-state index contributed by atoms with van der Waals surface area (Å²) < 4.78 is 18.7. The molecule has 0 aliphatic heterocycles. The molecule has 0 saturated heterocycles. The molecule has 0 fully saturated rings. The van der Waals surface area contributed by atoms with Crippen LogP contribution in [-0.2, 0) is 16.1 Å². The molecule has 5 heteroatoms. The first kappa shape index (κ1) is 16.1. The van der Waals surface area contributed by atoms with Gasteiger partial charge in [-0.1, -0.05) is 29.8 Å². The first-order valence-corrected chi connectivity index (χ1v) is 6.98. The summed E-state index contributed by atoms with van der Waals surface area (Å²) in [5.74, 6) is -0.218. The Balaban J connectivity index is 2.67. The fourth-order valence-electron chi connectivity index (χ4n) is 1.83. The predicted octanol–water partition coefficient (Wildman–Crippen LogP) is 3.27.